The van der Waals surface area contributed by atoms with Crippen LogP contribution in [0.3, 0.4) is 0 Å². The van der Waals surface area contributed by atoms with Gasteiger partial charge in [0.15, 0.2) is 0 Å². The summed E-state index contributed by atoms with van der Waals surface area (Å²) in [6.07, 6.45) is 2.53. The molecule has 2 rings (SSSR count). The molecule has 0 bridgehead atoms. The highest BCUT2D eigenvalue weighted by atomic mass is 16.5. The molecule has 0 radical (unpaired) electrons. The normalized spacial score (nSPS) is 16.8. The lowest BCUT2D eigenvalue weighted by molar-refractivity contribution is 0.162. The minimum absolute atomic E-state index is 0.355. The third kappa shape index (κ3) is 4.22. The Morgan fingerprint density at radius 2 is 1.72 bits per heavy atom. The fourth-order valence-electron chi connectivity index (χ4n) is 1.98. The van der Waals surface area contributed by atoms with Crippen LogP contribution in [-0.4, -0.2) is 25.8 Å². The van der Waals surface area contributed by atoms with Crippen LogP contribution in [0.5, 0.6) is 11.5 Å². The molecule has 0 atom stereocenters. The Hall–Kier alpha value is -1.22. The van der Waals surface area contributed by atoms with Crippen LogP contribution in [0.15, 0.2) is 24.3 Å². The van der Waals surface area contributed by atoms with Crippen molar-refractivity contribution in [3.05, 3.63) is 24.3 Å². The topological polar surface area (TPSA) is 30.5 Å². The summed E-state index contributed by atoms with van der Waals surface area (Å²) in [4.78, 5) is 0. The van der Waals surface area contributed by atoms with Crippen molar-refractivity contribution in [3.8, 4) is 11.5 Å². The molecule has 1 aromatic rings. The number of rotatable bonds is 5. The van der Waals surface area contributed by atoms with E-state index >= 15 is 0 Å². The molecule has 1 aromatic carbocycles. The predicted octanol–water partition coefficient (Wildman–Crippen LogP) is 2.85. The lowest BCUT2D eigenvalue weighted by atomic mass is 10.1. The van der Waals surface area contributed by atoms with Gasteiger partial charge >= 0.3 is 0 Å². The Bertz CT molecular complexity index is 342. The second kappa shape index (κ2) is 6.64. The molecule has 0 aromatic heterocycles. The second-order valence-corrected chi connectivity index (χ2v) is 5.24. The van der Waals surface area contributed by atoms with Crippen LogP contribution < -0.4 is 14.8 Å². The molecule has 3 heteroatoms. The average Bonchev–Trinajstić information content (AvgIpc) is 2.39. The van der Waals surface area contributed by atoms with Gasteiger partial charge < -0.3 is 14.8 Å². The molecular weight excluding hydrogens is 226 g/mol. The zero-order chi connectivity index (χ0) is 12.8. The van der Waals surface area contributed by atoms with E-state index in [4.69, 9.17) is 9.47 Å². The van der Waals surface area contributed by atoms with Crippen LogP contribution >= 0.6 is 0 Å². The summed E-state index contributed by atoms with van der Waals surface area (Å²) < 4.78 is 11.6. The Balaban J connectivity index is 1.83. The first-order chi connectivity index (χ1) is 8.74. The van der Waals surface area contributed by atoms with Crippen LogP contribution in [0, 0.1) is 5.92 Å². The van der Waals surface area contributed by atoms with E-state index in [1.165, 1.54) is 0 Å². The van der Waals surface area contributed by atoms with E-state index in [0.29, 0.717) is 12.0 Å². The summed E-state index contributed by atoms with van der Waals surface area (Å²) in [6.45, 7) is 7.16. The van der Waals surface area contributed by atoms with E-state index in [0.717, 1.165) is 44.0 Å². The van der Waals surface area contributed by atoms with Gasteiger partial charge in [0.2, 0.25) is 0 Å². The molecule has 0 spiro atoms. The third-order valence-electron chi connectivity index (χ3n) is 3.00. The van der Waals surface area contributed by atoms with Crippen LogP contribution in [0.25, 0.3) is 0 Å². The smallest absolute Gasteiger partial charge is 0.119 e. The summed E-state index contributed by atoms with van der Waals surface area (Å²) in [5.41, 5.74) is 0. The monoisotopic (exact) mass is 249 g/mol. The Kier molecular flexibility index (Phi) is 4.88. The molecule has 0 amide bonds. The summed E-state index contributed by atoms with van der Waals surface area (Å²) in [5, 5.41) is 3.34. The summed E-state index contributed by atoms with van der Waals surface area (Å²) in [6, 6.07) is 7.97. The lowest BCUT2D eigenvalue weighted by Crippen LogP contribution is -2.34. The highest BCUT2D eigenvalue weighted by Crippen LogP contribution is 2.21. The Morgan fingerprint density at radius 3 is 2.33 bits per heavy atom. The summed E-state index contributed by atoms with van der Waals surface area (Å²) in [7, 11) is 0. The molecule has 1 aliphatic rings. The van der Waals surface area contributed by atoms with Gasteiger partial charge in [-0.05, 0) is 56.1 Å². The maximum atomic E-state index is 5.94. The van der Waals surface area contributed by atoms with Crippen LogP contribution in [-0.2, 0) is 0 Å². The van der Waals surface area contributed by atoms with E-state index in [2.05, 4.69) is 19.2 Å². The zero-order valence-electron chi connectivity index (χ0n) is 11.3. The second-order valence-electron chi connectivity index (χ2n) is 5.24. The number of hydrogen-bond donors (Lipinski definition) is 1. The lowest BCUT2D eigenvalue weighted by Gasteiger charge is -2.23. The van der Waals surface area contributed by atoms with Gasteiger partial charge in [-0.15, -0.1) is 0 Å². The quantitative estimate of drug-likeness (QED) is 0.870. The van der Waals surface area contributed by atoms with E-state index in [-0.39, 0.29) is 0 Å². The molecule has 0 saturated carbocycles. The SMILES string of the molecule is CC(C)COc1ccc(OC2CCNCC2)cc1. The molecule has 1 N–H and O–H groups in total. The maximum absolute atomic E-state index is 5.94. The van der Waals surface area contributed by atoms with Gasteiger partial charge in [-0.3, -0.25) is 0 Å². The fourth-order valence-corrected chi connectivity index (χ4v) is 1.98. The summed E-state index contributed by atoms with van der Waals surface area (Å²) >= 11 is 0. The molecule has 1 aliphatic heterocycles. The van der Waals surface area contributed by atoms with Crippen molar-refractivity contribution in [2.75, 3.05) is 19.7 Å². The first-order valence-electron chi connectivity index (χ1n) is 6.84. The Morgan fingerprint density at radius 1 is 1.11 bits per heavy atom. The van der Waals surface area contributed by atoms with Gasteiger partial charge in [0.1, 0.15) is 17.6 Å². The molecule has 100 valence electrons. The van der Waals surface area contributed by atoms with Gasteiger partial charge in [0, 0.05) is 0 Å². The van der Waals surface area contributed by atoms with Crippen LogP contribution in [0.1, 0.15) is 26.7 Å². The fraction of sp³-hybridized carbons (Fsp3) is 0.600. The summed E-state index contributed by atoms with van der Waals surface area (Å²) in [5.74, 6) is 2.41. The van der Waals surface area contributed by atoms with E-state index < -0.39 is 0 Å². The van der Waals surface area contributed by atoms with Crippen molar-refractivity contribution in [2.45, 2.75) is 32.8 Å². The zero-order valence-corrected chi connectivity index (χ0v) is 11.3. The highest BCUT2D eigenvalue weighted by Gasteiger charge is 2.14. The van der Waals surface area contributed by atoms with Crippen molar-refractivity contribution >= 4 is 0 Å². The van der Waals surface area contributed by atoms with Crippen molar-refractivity contribution in [3.63, 3.8) is 0 Å². The number of ether oxygens (including phenoxy) is 2. The number of hydrogen-bond acceptors (Lipinski definition) is 3. The molecular formula is C15H23NO2. The van der Waals surface area contributed by atoms with E-state index in [9.17, 15) is 0 Å². The molecule has 0 aliphatic carbocycles. The van der Waals surface area contributed by atoms with E-state index in [1.807, 2.05) is 24.3 Å². The minimum Gasteiger partial charge on any atom is -0.493 e. The standard InChI is InChI=1S/C15H23NO2/c1-12(2)11-17-13-3-5-14(6-4-13)18-15-7-9-16-10-8-15/h3-6,12,15-16H,7-11H2,1-2H3. The Labute approximate surface area is 109 Å². The van der Waals surface area contributed by atoms with Crippen molar-refractivity contribution < 1.29 is 9.47 Å². The minimum atomic E-state index is 0.355. The third-order valence-corrected chi connectivity index (χ3v) is 3.00. The van der Waals surface area contributed by atoms with Gasteiger partial charge in [-0.2, -0.15) is 0 Å². The average molecular weight is 249 g/mol. The molecule has 1 heterocycles. The molecule has 0 unspecified atom stereocenters. The first-order valence-corrected chi connectivity index (χ1v) is 6.84. The first kappa shape index (κ1) is 13.2. The largest absolute Gasteiger partial charge is 0.493 e. The van der Waals surface area contributed by atoms with Crippen LogP contribution in [0.4, 0.5) is 0 Å². The van der Waals surface area contributed by atoms with Crippen molar-refractivity contribution in [1.82, 2.24) is 5.32 Å². The van der Waals surface area contributed by atoms with Crippen molar-refractivity contribution in [2.24, 2.45) is 5.92 Å². The number of nitrogens with one attached hydrogen (secondary N) is 1. The highest BCUT2D eigenvalue weighted by molar-refractivity contribution is 5.31. The van der Waals surface area contributed by atoms with Crippen molar-refractivity contribution in [1.29, 1.82) is 0 Å². The molecule has 18 heavy (non-hydrogen) atoms. The van der Waals surface area contributed by atoms with Gasteiger partial charge in [0.05, 0.1) is 6.61 Å². The van der Waals surface area contributed by atoms with Gasteiger partial charge in [0.25, 0.3) is 0 Å². The predicted molar refractivity (Wildman–Crippen MR) is 73.3 cm³/mol. The van der Waals surface area contributed by atoms with Gasteiger partial charge in [-0.25, -0.2) is 0 Å². The number of piperidine rings is 1. The number of benzene rings is 1. The van der Waals surface area contributed by atoms with Crippen LogP contribution in [0.2, 0.25) is 0 Å². The van der Waals surface area contributed by atoms with Gasteiger partial charge in [-0.1, -0.05) is 13.8 Å². The molecule has 1 saturated heterocycles. The molecule has 3 nitrogen and oxygen atoms in total. The molecule has 1 fully saturated rings. The van der Waals surface area contributed by atoms with E-state index in [1.54, 1.807) is 0 Å². The maximum Gasteiger partial charge on any atom is 0.119 e.